The second-order valence-corrected chi connectivity index (χ2v) is 5.88. The highest BCUT2D eigenvalue weighted by atomic mass is 35.5. The number of rotatable bonds is 3. The Balaban J connectivity index is 1.63. The van der Waals surface area contributed by atoms with Gasteiger partial charge in [-0.3, -0.25) is 14.5 Å². The zero-order chi connectivity index (χ0) is 15.7. The van der Waals surface area contributed by atoms with E-state index in [0.29, 0.717) is 24.5 Å². The monoisotopic (exact) mass is 321 g/mol. The fraction of sp³-hybridized carbons (Fsp3) is 0.400. The Morgan fingerprint density at radius 1 is 1.32 bits per heavy atom. The number of urea groups is 1. The molecule has 1 aromatic rings. The zero-order valence-corrected chi connectivity index (χ0v) is 12.7. The summed E-state index contributed by atoms with van der Waals surface area (Å²) < 4.78 is 0. The number of halogens is 1. The molecule has 2 saturated heterocycles. The highest BCUT2D eigenvalue weighted by Crippen LogP contribution is 2.21. The van der Waals surface area contributed by atoms with Gasteiger partial charge in [0.15, 0.2) is 0 Å². The van der Waals surface area contributed by atoms with E-state index >= 15 is 0 Å². The highest BCUT2D eigenvalue weighted by Gasteiger charge is 2.39. The van der Waals surface area contributed by atoms with E-state index in [9.17, 15) is 14.4 Å². The topological polar surface area (TPSA) is 69.7 Å². The fourth-order valence-electron chi connectivity index (χ4n) is 2.90. The fourth-order valence-corrected chi connectivity index (χ4v) is 3.10. The number of hydrogen-bond acceptors (Lipinski definition) is 3. The molecule has 0 aromatic heterocycles. The average molecular weight is 322 g/mol. The molecule has 116 valence electrons. The molecule has 22 heavy (non-hydrogen) atoms. The highest BCUT2D eigenvalue weighted by molar-refractivity contribution is 6.31. The van der Waals surface area contributed by atoms with Crippen LogP contribution < -0.4 is 5.32 Å². The van der Waals surface area contributed by atoms with Gasteiger partial charge in [-0.15, -0.1) is 0 Å². The van der Waals surface area contributed by atoms with E-state index < -0.39 is 0 Å². The van der Waals surface area contributed by atoms with E-state index in [1.54, 1.807) is 11.0 Å². The molecule has 2 aliphatic rings. The summed E-state index contributed by atoms with van der Waals surface area (Å²) in [5, 5.41) is 3.07. The summed E-state index contributed by atoms with van der Waals surface area (Å²) in [7, 11) is 0. The number of likely N-dealkylation sites (tertiary alicyclic amines) is 1. The first kappa shape index (κ1) is 14.8. The second-order valence-electron chi connectivity index (χ2n) is 5.47. The molecule has 4 amide bonds. The predicted molar refractivity (Wildman–Crippen MR) is 80.4 cm³/mol. The van der Waals surface area contributed by atoms with Crippen LogP contribution in [0.5, 0.6) is 0 Å². The van der Waals surface area contributed by atoms with Crippen LogP contribution in [-0.4, -0.2) is 53.3 Å². The molecule has 0 saturated carbocycles. The molecule has 7 heteroatoms. The maximum atomic E-state index is 12.4. The quantitative estimate of drug-likeness (QED) is 0.846. The van der Waals surface area contributed by atoms with Gasteiger partial charge >= 0.3 is 6.03 Å². The minimum Gasteiger partial charge on any atom is -0.340 e. The van der Waals surface area contributed by atoms with Crippen LogP contribution >= 0.6 is 11.6 Å². The van der Waals surface area contributed by atoms with Crippen molar-refractivity contribution in [2.24, 2.45) is 0 Å². The van der Waals surface area contributed by atoms with Crippen LogP contribution in [0.1, 0.15) is 12.0 Å². The molecule has 6 nitrogen and oxygen atoms in total. The SMILES string of the molecule is O=C(Cc1ccccc1Cl)N1CCC(N2C(=O)CNC2=O)C1. The lowest BCUT2D eigenvalue weighted by Crippen LogP contribution is -2.43. The van der Waals surface area contributed by atoms with Crippen molar-refractivity contribution >= 4 is 29.4 Å². The molecule has 1 N–H and O–H groups in total. The molecule has 0 aliphatic carbocycles. The average Bonchev–Trinajstić information content (AvgIpc) is 3.08. The van der Waals surface area contributed by atoms with Crippen molar-refractivity contribution < 1.29 is 14.4 Å². The van der Waals surface area contributed by atoms with Crippen LogP contribution in [-0.2, 0) is 16.0 Å². The number of imide groups is 1. The van der Waals surface area contributed by atoms with Gasteiger partial charge in [-0.1, -0.05) is 29.8 Å². The number of carbonyl (C=O) groups excluding carboxylic acids is 3. The number of hydrogen-bond donors (Lipinski definition) is 1. The van der Waals surface area contributed by atoms with Gasteiger partial charge in [0.25, 0.3) is 0 Å². The van der Waals surface area contributed by atoms with Crippen LogP contribution in [0.4, 0.5) is 4.79 Å². The molecule has 0 spiro atoms. The van der Waals surface area contributed by atoms with Gasteiger partial charge < -0.3 is 10.2 Å². The van der Waals surface area contributed by atoms with Gasteiger partial charge in [-0.25, -0.2) is 4.79 Å². The lowest BCUT2D eigenvalue weighted by molar-refractivity contribution is -0.131. The Bertz CT molecular complexity index is 618. The van der Waals surface area contributed by atoms with Gasteiger partial charge in [-0.2, -0.15) is 0 Å². The summed E-state index contributed by atoms with van der Waals surface area (Å²) in [6.45, 7) is 0.983. The summed E-state index contributed by atoms with van der Waals surface area (Å²) >= 11 is 6.07. The lowest BCUT2D eigenvalue weighted by Gasteiger charge is -2.21. The maximum Gasteiger partial charge on any atom is 0.324 e. The van der Waals surface area contributed by atoms with Gasteiger partial charge in [0.2, 0.25) is 11.8 Å². The van der Waals surface area contributed by atoms with Crippen molar-refractivity contribution in [2.75, 3.05) is 19.6 Å². The lowest BCUT2D eigenvalue weighted by atomic mass is 10.1. The summed E-state index contributed by atoms with van der Waals surface area (Å²) in [6, 6.07) is 6.64. The first-order valence-electron chi connectivity index (χ1n) is 7.17. The molecule has 0 bridgehead atoms. The molecule has 3 rings (SSSR count). The standard InChI is InChI=1S/C15H16ClN3O3/c16-12-4-2-1-3-10(12)7-13(20)18-6-5-11(9-18)19-14(21)8-17-15(19)22/h1-4,11H,5-9H2,(H,17,22). The summed E-state index contributed by atoms with van der Waals surface area (Å²) in [6.07, 6.45) is 0.847. The van der Waals surface area contributed by atoms with Crippen molar-refractivity contribution in [3.63, 3.8) is 0 Å². The summed E-state index contributed by atoms with van der Waals surface area (Å²) in [4.78, 5) is 38.6. The van der Waals surface area contributed by atoms with Crippen LogP contribution in [0, 0.1) is 0 Å². The largest absolute Gasteiger partial charge is 0.340 e. The van der Waals surface area contributed by atoms with Crippen LogP contribution in [0.3, 0.4) is 0 Å². The minimum atomic E-state index is -0.365. The van der Waals surface area contributed by atoms with Crippen LogP contribution in [0.25, 0.3) is 0 Å². The molecule has 1 atom stereocenters. The van der Waals surface area contributed by atoms with Gasteiger partial charge in [0.05, 0.1) is 19.0 Å². The Kier molecular flexibility index (Phi) is 4.02. The van der Waals surface area contributed by atoms with Gasteiger partial charge in [0, 0.05) is 18.1 Å². The number of amides is 4. The number of carbonyl (C=O) groups is 3. The van der Waals surface area contributed by atoms with E-state index in [-0.39, 0.29) is 36.9 Å². The Morgan fingerprint density at radius 3 is 2.77 bits per heavy atom. The molecule has 2 heterocycles. The van der Waals surface area contributed by atoms with E-state index in [0.717, 1.165) is 5.56 Å². The van der Waals surface area contributed by atoms with Gasteiger partial charge in [-0.05, 0) is 18.1 Å². The number of nitrogens with zero attached hydrogens (tertiary/aromatic N) is 2. The third-order valence-corrected chi connectivity index (χ3v) is 4.43. The Hall–Kier alpha value is -2.08. The van der Waals surface area contributed by atoms with Crippen molar-refractivity contribution in [1.82, 2.24) is 15.1 Å². The van der Waals surface area contributed by atoms with Crippen molar-refractivity contribution in [3.8, 4) is 0 Å². The Labute approximate surface area is 133 Å². The smallest absolute Gasteiger partial charge is 0.324 e. The van der Waals surface area contributed by atoms with Gasteiger partial charge in [0.1, 0.15) is 0 Å². The third-order valence-electron chi connectivity index (χ3n) is 4.06. The summed E-state index contributed by atoms with van der Waals surface area (Å²) in [5.74, 6) is -0.266. The molecular formula is C15H16ClN3O3. The maximum absolute atomic E-state index is 12.4. The van der Waals surface area contributed by atoms with Crippen molar-refractivity contribution in [2.45, 2.75) is 18.9 Å². The molecular weight excluding hydrogens is 306 g/mol. The first-order valence-corrected chi connectivity index (χ1v) is 7.55. The van der Waals surface area contributed by atoms with E-state index in [1.807, 2.05) is 18.2 Å². The normalized spacial score (nSPS) is 21.4. The third kappa shape index (κ3) is 2.78. The van der Waals surface area contributed by atoms with Crippen molar-refractivity contribution in [1.29, 1.82) is 0 Å². The Morgan fingerprint density at radius 2 is 2.09 bits per heavy atom. The second kappa shape index (κ2) is 5.96. The van der Waals surface area contributed by atoms with E-state index in [2.05, 4.69) is 5.32 Å². The van der Waals surface area contributed by atoms with Crippen LogP contribution in [0.2, 0.25) is 5.02 Å². The predicted octanol–water partition coefficient (Wildman–Crippen LogP) is 1.04. The molecule has 1 aromatic carbocycles. The first-order chi connectivity index (χ1) is 10.6. The molecule has 0 radical (unpaired) electrons. The minimum absolute atomic E-state index is 0.0392. The van der Waals surface area contributed by atoms with E-state index in [1.165, 1.54) is 4.90 Å². The van der Waals surface area contributed by atoms with Crippen molar-refractivity contribution in [3.05, 3.63) is 34.9 Å². The molecule has 2 fully saturated rings. The zero-order valence-electron chi connectivity index (χ0n) is 11.9. The molecule has 2 aliphatic heterocycles. The van der Waals surface area contributed by atoms with Crippen LogP contribution in [0.15, 0.2) is 24.3 Å². The number of benzene rings is 1. The molecule has 1 unspecified atom stereocenters. The van der Waals surface area contributed by atoms with E-state index in [4.69, 9.17) is 11.6 Å². The summed E-state index contributed by atoms with van der Waals surface area (Å²) in [5.41, 5.74) is 0.785. The number of nitrogens with one attached hydrogen (secondary N) is 1.